The van der Waals surface area contributed by atoms with Crippen molar-refractivity contribution >= 4 is 23.3 Å². The second-order valence-corrected chi connectivity index (χ2v) is 6.59. The fourth-order valence-electron chi connectivity index (χ4n) is 3.25. The number of carbonyl (C=O) groups excluding carboxylic acids is 1. The molecule has 0 saturated carbocycles. The monoisotopic (exact) mass is 308 g/mol. The summed E-state index contributed by atoms with van der Waals surface area (Å²) in [6.45, 7) is 7.69. The van der Waals surface area contributed by atoms with E-state index in [9.17, 15) is 4.79 Å². The van der Waals surface area contributed by atoms with E-state index in [-0.39, 0.29) is 23.8 Å². The molecule has 6 heteroatoms. The van der Waals surface area contributed by atoms with Crippen molar-refractivity contribution in [2.75, 3.05) is 18.0 Å². The van der Waals surface area contributed by atoms with Crippen LogP contribution in [0.25, 0.3) is 0 Å². The minimum absolute atomic E-state index is 0.0781. The Morgan fingerprint density at radius 1 is 1.38 bits per heavy atom. The van der Waals surface area contributed by atoms with Crippen molar-refractivity contribution in [1.29, 1.82) is 0 Å². The summed E-state index contributed by atoms with van der Waals surface area (Å²) in [5.41, 5.74) is 0.904. The smallest absolute Gasteiger partial charge is 0.225 e. The Morgan fingerprint density at radius 3 is 2.86 bits per heavy atom. The van der Waals surface area contributed by atoms with Crippen molar-refractivity contribution in [1.82, 2.24) is 15.3 Å². The van der Waals surface area contributed by atoms with E-state index < -0.39 is 0 Å². The third-order valence-corrected chi connectivity index (χ3v) is 4.84. The largest absolute Gasteiger partial charge is 0.354 e. The molecule has 0 bridgehead atoms. The lowest BCUT2D eigenvalue weighted by atomic mass is 9.91. The molecule has 3 rings (SSSR count). The second-order valence-electron chi connectivity index (χ2n) is 6.23. The zero-order chi connectivity index (χ0) is 15.1. The summed E-state index contributed by atoms with van der Waals surface area (Å²) in [5, 5.41) is 3.49. The molecule has 2 aliphatic heterocycles. The maximum Gasteiger partial charge on any atom is 0.225 e. The van der Waals surface area contributed by atoms with E-state index in [2.05, 4.69) is 29.0 Å². The summed E-state index contributed by atoms with van der Waals surface area (Å²) >= 11 is 6.29. The van der Waals surface area contributed by atoms with Gasteiger partial charge in [0.15, 0.2) is 0 Å². The molecule has 0 radical (unpaired) electrons. The predicted molar refractivity (Wildman–Crippen MR) is 82.7 cm³/mol. The van der Waals surface area contributed by atoms with Crippen LogP contribution >= 0.6 is 11.6 Å². The van der Waals surface area contributed by atoms with Gasteiger partial charge in [-0.05, 0) is 19.8 Å². The van der Waals surface area contributed by atoms with Gasteiger partial charge in [0.1, 0.15) is 16.8 Å². The SMILES string of the molecule is Cc1c(Cl)nc(C(C)C)nc1N1CCCC2C(=O)NCC21. The quantitative estimate of drug-likeness (QED) is 0.852. The van der Waals surface area contributed by atoms with Crippen molar-refractivity contribution in [3.05, 3.63) is 16.5 Å². The van der Waals surface area contributed by atoms with E-state index >= 15 is 0 Å². The van der Waals surface area contributed by atoms with Crippen LogP contribution in [0.2, 0.25) is 5.15 Å². The number of carbonyl (C=O) groups is 1. The first-order chi connectivity index (χ1) is 9.99. The molecule has 1 amide bonds. The molecule has 1 aromatic heterocycles. The molecule has 0 spiro atoms. The van der Waals surface area contributed by atoms with Crippen LogP contribution in [0.5, 0.6) is 0 Å². The van der Waals surface area contributed by atoms with Crippen LogP contribution in [0.4, 0.5) is 5.82 Å². The van der Waals surface area contributed by atoms with Gasteiger partial charge in [-0.25, -0.2) is 9.97 Å². The van der Waals surface area contributed by atoms with Gasteiger partial charge < -0.3 is 10.2 Å². The molecular weight excluding hydrogens is 288 g/mol. The fraction of sp³-hybridized carbons (Fsp3) is 0.667. The van der Waals surface area contributed by atoms with Crippen molar-refractivity contribution in [2.45, 2.75) is 45.6 Å². The van der Waals surface area contributed by atoms with E-state index in [0.29, 0.717) is 11.7 Å². The molecule has 2 aliphatic rings. The lowest BCUT2D eigenvalue weighted by Gasteiger charge is -2.37. The van der Waals surface area contributed by atoms with Crippen LogP contribution in [-0.4, -0.2) is 35.0 Å². The fourth-order valence-corrected chi connectivity index (χ4v) is 3.42. The number of nitrogens with one attached hydrogen (secondary N) is 1. The highest BCUT2D eigenvalue weighted by Gasteiger charge is 2.41. The van der Waals surface area contributed by atoms with Gasteiger partial charge in [-0.1, -0.05) is 25.4 Å². The van der Waals surface area contributed by atoms with Gasteiger partial charge >= 0.3 is 0 Å². The van der Waals surface area contributed by atoms with Crippen LogP contribution in [0.1, 0.15) is 44.0 Å². The number of hydrogen-bond donors (Lipinski definition) is 1. The van der Waals surface area contributed by atoms with Gasteiger partial charge in [0, 0.05) is 24.6 Å². The summed E-state index contributed by atoms with van der Waals surface area (Å²) in [7, 11) is 0. The molecule has 2 unspecified atom stereocenters. The van der Waals surface area contributed by atoms with Crippen molar-refractivity contribution in [2.24, 2.45) is 5.92 Å². The number of anilines is 1. The van der Waals surface area contributed by atoms with E-state index in [4.69, 9.17) is 16.6 Å². The van der Waals surface area contributed by atoms with Crippen molar-refractivity contribution < 1.29 is 4.79 Å². The number of rotatable bonds is 2. The van der Waals surface area contributed by atoms with Crippen LogP contribution < -0.4 is 10.2 Å². The molecule has 3 heterocycles. The van der Waals surface area contributed by atoms with E-state index in [0.717, 1.165) is 36.6 Å². The predicted octanol–water partition coefficient (Wildman–Crippen LogP) is 2.28. The van der Waals surface area contributed by atoms with Gasteiger partial charge in [0.2, 0.25) is 5.91 Å². The third-order valence-electron chi connectivity index (χ3n) is 4.47. The number of nitrogens with zero attached hydrogens (tertiary/aromatic N) is 3. The molecule has 2 saturated heterocycles. The highest BCUT2D eigenvalue weighted by atomic mass is 35.5. The molecule has 2 atom stereocenters. The highest BCUT2D eigenvalue weighted by Crippen LogP contribution is 2.34. The number of fused-ring (bicyclic) bond motifs is 1. The summed E-state index contributed by atoms with van der Waals surface area (Å²) in [6, 6.07) is 0.191. The third kappa shape index (κ3) is 2.48. The van der Waals surface area contributed by atoms with Crippen LogP contribution in [0.3, 0.4) is 0 Å². The summed E-state index contributed by atoms with van der Waals surface area (Å²) in [6.07, 6.45) is 1.97. The van der Waals surface area contributed by atoms with Gasteiger partial charge in [0.05, 0.1) is 12.0 Å². The Labute approximate surface area is 130 Å². The Morgan fingerprint density at radius 2 is 2.14 bits per heavy atom. The summed E-state index contributed by atoms with van der Waals surface area (Å²) < 4.78 is 0. The molecule has 114 valence electrons. The molecule has 1 aromatic rings. The molecule has 5 nitrogen and oxygen atoms in total. The normalized spacial score (nSPS) is 25.2. The summed E-state index contributed by atoms with van der Waals surface area (Å²) in [5.74, 6) is 2.14. The molecule has 0 aliphatic carbocycles. The topological polar surface area (TPSA) is 58.1 Å². The number of piperidine rings is 1. The van der Waals surface area contributed by atoms with Crippen LogP contribution in [-0.2, 0) is 4.79 Å². The zero-order valence-electron chi connectivity index (χ0n) is 12.7. The first-order valence-corrected chi connectivity index (χ1v) is 7.95. The average Bonchev–Trinajstić information content (AvgIpc) is 2.83. The number of halogens is 1. The molecular formula is C15H21ClN4O. The van der Waals surface area contributed by atoms with Crippen LogP contribution in [0.15, 0.2) is 0 Å². The standard InChI is InChI=1S/C15H21ClN4O/c1-8(2)13-18-12(16)9(3)14(19-13)20-6-4-5-10-11(20)7-17-15(10)21/h8,10-11H,4-7H2,1-3H3,(H,17,21). The van der Waals surface area contributed by atoms with E-state index in [1.165, 1.54) is 0 Å². The Hall–Kier alpha value is -1.36. The highest BCUT2D eigenvalue weighted by molar-refractivity contribution is 6.30. The maximum atomic E-state index is 11.9. The number of hydrogen-bond acceptors (Lipinski definition) is 4. The minimum Gasteiger partial charge on any atom is -0.354 e. The number of aromatic nitrogens is 2. The van der Waals surface area contributed by atoms with Crippen molar-refractivity contribution in [3.63, 3.8) is 0 Å². The molecule has 21 heavy (non-hydrogen) atoms. The van der Waals surface area contributed by atoms with Crippen LogP contribution in [0, 0.1) is 12.8 Å². The van der Waals surface area contributed by atoms with E-state index in [1.807, 2.05) is 6.92 Å². The lowest BCUT2D eigenvalue weighted by Crippen LogP contribution is -2.46. The Balaban J connectivity index is 2.01. The summed E-state index contributed by atoms with van der Waals surface area (Å²) in [4.78, 5) is 23.3. The molecule has 2 fully saturated rings. The van der Waals surface area contributed by atoms with Crippen molar-refractivity contribution in [3.8, 4) is 0 Å². The zero-order valence-corrected chi connectivity index (χ0v) is 13.4. The van der Waals surface area contributed by atoms with E-state index in [1.54, 1.807) is 0 Å². The number of amides is 1. The average molecular weight is 309 g/mol. The first kappa shape index (κ1) is 14.6. The second kappa shape index (κ2) is 5.44. The maximum absolute atomic E-state index is 11.9. The Bertz CT molecular complexity index is 575. The Kier molecular flexibility index (Phi) is 3.78. The molecule has 1 N–H and O–H groups in total. The molecule has 0 aromatic carbocycles. The van der Waals surface area contributed by atoms with Gasteiger partial charge in [-0.3, -0.25) is 4.79 Å². The minimum atomic E-state index is 0.0781. The first-order valence-electron chi connectivity index (χ1n) is 7.57. The van der Waals surface area contributed by atoms with Gasteiger partial charge in [-0.2, -0.15) is 0 Å². The van der Waals surface area contributed by atoms with Gasteiger partial charge in [-0.15, -0.1) is 0 Å². The van der Waals surface area contributed by atoms with Gasteiger partial charge in [0.25, 0.3) is 0 Å². The lowest BCUT2D eigenvalue weighted by molar-refractivity contribution is -0.122.